The molecular weight excluding hydrogens is 137 g/mol. The van der Waals surface area contributed by atoms with Crippen LogP contribution in [0.2, 0.25) is 6.32 Å². The van der Waals surface area contributed by atoms with E-state index in [2.05, 4.69) is 4.98 Å². The lowest BCUT2D eigenvalue weighted by atomic mass is 9.97. The van der Waals surface area contributed by atoms with Gasteiger partial charge < -0.3 is 0 Å². The molecule has 1 aromatic heterocycles. The second-order valence-electron chi connectivity index (χ2n) is 2.46. The molecular formula is C8H10BNO. The van der Waals surface area contributed by atoms with E-state index in [1.807, 2.05) is 26.9 Å². The quantitative estimate of drug-likeness (QED) is 0.453. The summed E-state index contributed by atoms with van der Waals surface area (Å²) in [5, 5.41) is 0. The average Bonchev–Trinajstić information content (AvgIpc) is 2.05. The molecule has 0 aliphatic heterocycles. The maximum atomic E-state index is 11.1. The summed E-state index contributed by atoms with van der Waals surface area (Å²) in [5.41, 5.74) is 1.65. The molecule has 0 aliphatic carbocycles. The fourth-order valence-corrected chi connectivity index (χ4v) is 0.837. The van der Waals surface area contributed by atoms with E-state index in [0.29, 0.717) is 11.9 Å². The van der Waals surface area contributed by atoms with Crippen molar-refractivity contribution in [2.24, 2.45) is 0 Å². The number of hydrogen-bond donors (Lipinski definition) is 0. The van der Waals surface area contributed by atoms with E-state index >= 15 is 0 Å². The van der Waals surface area contributed by atoms with E-state index in [-0.39, 0.29) is 5.78 Å². The first-order chi connectivity index (χ1) is 5.24. The molecule has 0 saturated carbocycles. The molecule has 0 fully saturated rings. The van der Waals surface area contributed by atoms with E-state index in [0.717, 1.165) is 5.69 Å². The summed E-state index contributed by atoms with van der Waals surface area (Å²) >= 11 is 0. The fourth-order valence-electron chi connectivity index (χ4n) is 0.837. The zero-order chi connectivity index (χ0) is 8.27. The molecule has 2 nitrogen and oxygen atoms in total. The van der Waals surface area contributed by atoms with Gasteiger partial charge in [-0.3, -0.25) is 9.78 Å². The van der Waals surface area contributed by atoms with Crippen LogP contribution in [0.3, 0.4) is 0 Å². The number of aromatic nitrogens is 1. The Labute approximate surface area is 67.1 Å². The molecule has 0 spiro atoms. The normalized spacial score (nSPS) is 9.55. The predicted molar refractivity (Wildman–Crippen MR) is 46.7 cm³/mol. The molecule has 0 aliphatic rings. The van der Waals surface area contributed by atoms with Crippen LogP contribution in [-0.2, 0) is 0 Å². The molecule has 11 heavy (non-hydrogen) atoms. The van der Waals surface area contributed by atoms with Crippen molar-refractivity contribution in [3.63, 3.8) is 0 Å². The summed E-state index contributed by atoms with van der Waals surface area (Å²) < 4.78 is 0. The van der Waals surface area contributed by atoms with Crippen LogP contribution in [0.4, 0.5) is 0 Å². The lowest BCUT2D eigenvalue weighted by Gasteiger charge is -1.96. The summed E-state index contributed by atoms with van der Waals surface area (Å²) in [6, 6.07) is 3.66. The van der Waals surface area contributed by atoms with E-state index in [4.69, 9.17) is 0 Å². The van der Waals surface area contributed by atoms with E-state index in [1.54, 1.807) is 6.20 Å². The Hall–Kier alpha value is -1.12. The van der Waals surface area contributed by atoms with Crippen LogP contribution < -0.4 is 0 Å². The number of pyridine rings is 1. The maximum absolute atomic E-state index is 11.1. The van der Waals surface area contributed by atoms with Gasteiger partial charge in [-0.05, 0) is 25.4 Å². The monoisotopic (exact) mass is 147 g/mol. The first kappa shape index (κ1) is 7.99. The Morgan fingerprint density at radius 2 is 2.36 bits per heavy atom. The van der Waals surface area contributed by atoms with Gasteiger partial charge in [0.1, 0.15) is 7.85 Å². The van der Waals surface area contributed by atoms with Crippen LogP contribution in [0.5, 0.6) is 0 Å². The Morgan fingerprint density at radius 3 is 2.82 bits per heavy atom. The summed E-state index contributed by atoms with van der Waals surface area (Å²) in [4.78, 5) is 15.1. The van der Waals surface area contributed by atoms with Gasteiger partial charge in [-0.15, -0.1) is 0 Å². The number of Topliss-reactive ketones (excluding diaryl/α,β-unsaturated/α-hetero) is 1. The van der Waals surface area contributed by atoms with Crippen LogP contribution in [0.25, 0.3) is 0 Å². The molecule has 56 valence electrons. The second-order valence-corrected chi connectivity index (χ2v) is 2.46. The van der Waals surface area contributed by atoms with Gasteiger partial charge in [0.05, 0.1) is 0 Å². The number of rotatable bonds is 2. The number of carbonyl (C=O) groups is 1. The van der Waals surface area contributed by atoms with Gasteiger partial charge >= 0.3 is 0 Å². The SMILES string of the molecule is BCC(=O)c1ccc(C)nc1. The molecule has 0 atom stereocenters. The molecule has 0 amide bonds. The molecule has 1 rings (SSSR count). The molecule has 1 heterocycles. The predicted octanol–water partition coefficient (Wildman–Crippen LogP) is 0.624. The number of nitrogens with zero attached hydrogens (tertiary/aromatic N) is 1. The molecule has 0 unspecified atom stereocenters. The van der Waals surface area contributed by atoms with Crippen molar-refractivity contribution >= 4 is 13.6 Å². The number of ketones is 1. The van der Waals surface area contributed by atoms with Crippen molar-refractivity contribution in [3.05, 3.63) is 29.6 Å². The summed E-state index contributed by atoms with van der Waals surface area (Å²) in [6.45, 7) is 1.90. The lowest BCUT2D eigenvalue weighted by molar-refractivity contribution is 0.101. The Balaban J connectivity index is 2.90. The summed E-state index contributed by atoms with van der Waals surface area (Å²) in [5.74, 6) is 0.150. The maximum Gasteiger partial charge on any atom is 0.156 e. The topological polar surface area (TPSA) is 30.0 Å². The Bertz CT molecular complexity index is 255. The zero-order valence-corrected chi connectivity index (χ0v) is 6.79. The third kappa shape index (κ3) is 1.90. The Morgan fingerprint density at radius 1 is 1.64 bits per heavy atom. The average molecular weight is 147 g/mol. The van der Waals surface area contributed by atoms with Crippen LogP contribution in [-0.4, -0.2) is 18.6 Å². The molecule has 0 aromatic carbocycles. The highest BCUT2D eigenvalue weighted by molar-refractivity contribution is 6.23. The van der Waals surface area contributed by atoms with Crippen molar-refractivity contribution in [2.45, 2.75) is 13.2 Å². The largest absolute Gasteiger partial charge is 0.295 e. The molecule has 0 bridgehead atoms. The fraction of sp³-hybridized carbons (Fsp3) is 0.250. The molecule has 0 N–H and O–H groups in total. The molecule has 1 aromatic rings. The third-order valence-electron chi connectivity index (χ3n) is 1.55. The molecule has 3 heteroatoms. The van der Waals surface area contributed by atoms with Gasteiger partial charge in [0.2, 0.25) is 0 Å². The second kappa shape index (κ2) is 3.33. The first-order valence-electron chi connectivity index (χ1n) is 3.70. The van der Waals surface area contributed by atoms with Crippen LogP contribution in [0, 0.1) is 6.92 Å². The van der Waals surface area contributed by atoms with Crippen molar-refractivity contribution in [3.8, 4) is 0 Å². The Kier molecular flexibility index (Phi) is 2.42. The van der Waals surface area contributed by atoms with Crippen LogP contribution in [0.15, 0.2) is 18.3 Å². The zero-order valence-electron chi connectivity index (χ0n) is 6.79. The van der Waals surface area contributed by atoms with Gasteiger partial charge in [-0.25, -0.2) is 0 Å². The van der Waals surface area contributed by atoms with Gasteiger partial charge in [0.15, 0.2) is 5.78 Å². The van der Waals surface area contributed by atoms with E-state index < -0.39 is 0 Å². The summed E-state index contributed by atoms with van der Waals surface area (Å²) in [7, 11) is 1.85. The first-order valence-corrected chi connectivity index (χ1v) is 3.70. The molecule has 0 radical (unpaired) electrons. The van der Waals surface area contributed by atoms with Crippen molar-refractivity contribution in [2.75, 3.05) is 0 Å². The highest BCUT2D eigenvalue weighted by Gasteiger charge is 2.00. The highest BCUT2D eigenvalue weighted by atomic mass is 16.1. The molecule has 0 saturated heterocycles. The van der Waals surface area contributed by atoms with E-state index in [1.165, 1.54) is 0 Å². The smallest absolute Gasteiger partial charge is 0.156 e. The van der Waals surface area contributed by atoms with Gasteiger partial charge in [0.25, 0.3) is 0 Å². The number of carbonyl (C=O) groups excluding carboxylic acids is 1. The van der Waals surface area contributed by atoms with Crippen LogP contribution in [0.1, 0.15) is 16.1 Å². The minimum absolute atomic E-state index is 0.150. The summed E-state index contributed by atoms with van der Waals surface area (Å²) in [6.07, 6.45) is 2.17. The number of hydrogen-bond acceptors (Lipinski definition) is 2. The van der Waals surface area contributed by atoms with Gasteiger partial charge in [-0.1, -0.05) is 0 Å². The number of aryl methyl sites for hydroxylation is 1. The van der Waals surface area contributed by atoms with Crippen molar-refractivity contribution in [1.82, 2.24) is 4.98 Å². The van der Waals surface area contributed by atoms with Crippen LogP contribution >= 0.6 is 0 Å². The van der Waals surface area contributed by atoms with Gasteiger partial charge in [0, 0.05) is 17.5 Å². The van der Waals surface area contributed by atoms with E-state index in [9.17, 15) is 4.79 Å². The van der Waals surface area contributed by atoms with Gasteiger partial charge in [-0.2, -0.15) is 0 Å². The van der Waals surface area contributed by atoms with Crippen molar-refractivity contribution < 1.29 is 4.79 Å². The minimum atomic E-state index is 0.150. The highest BCUT2D eigenvalue weighted by Crippen LogP contribution is 2.01. The lowest BCUT2D eigenvalue weighted by Crippen LogP contribution is -1.98. The third-order valence-corrected chi connectivity index (χ3v) is 1.55. The van der Waals surface area contributed by atoms with Crippen molar-refractivity contribution in [1.29, 1.82) is 0 Å². The minimum Gasteiger partial charge on any atom is -0.295 e. The standard InChI is InChI=1S/C8H10BNO/c1-6-2-3-7(5-10-6)8(11)4-9/h2-3,5H,4,9H2,1H3.